The molecule has 0 aliphatic heterocycles. The second kappa shape index (κ2) is 4.49. The van der Waals surface area contributed by atoms with Crippen LogP contribution in [0.4, 0.5) is 0 Å². The standard InChI is InChI=1S/C13H16N2O/c1-10-4-3-5-11(8-10)13-14-9-12(6-7-16)15(13)2/h3-5,8-9,16H,6-7H2,1-2H3. The van der Waals surface area contributed by atoms with E-state index in [0.29, 0.717) is 6.42 Å². The smallest absolute Gasteiger partial charge is 0.139 e. The van der Waals surface area contributed by atoms with E-state index in [1.54, 1.807) is 0 Å². The molecule has 0 fully saturated rings. The fourth-order valence-electron chi connectivity index (χ4n) is 1.84. The minimum absolute atomic E-state index is 0.160. The minimum Gasteiger partial charge on any atom is -0.396 e. The maximum atomic E-state index is 8.93. The SMILES string of the molecule is Cc1cccc(-c2ncc(CCO)n2C)c1. The van der Waals surface area contributed by atoms with Gasteiger partial charge in [0, 0.05) is 37.5 Å². The predicted molar refractivity (Wildman–Crippen MR) is 64.2 cm³/mol. The van der Waals surface area contributed by atoms with Gasteiger partial charge in [0.25, 0.3) is 0 Å². The van der Waals surface area contributed by atoms with E-state index in [1.165, 1.54) is 5.56 Å². The molecule has 0 saturated carbocycles. The first-order valence-electron chi connectivity index (χ1n) is 5.41. The van der Waals surface area contributed by atoms with Gasteiger partial charge in [0.05, 0.1) is 0 Å². The normalized spacial score (nSPS) is 10.7. The van der Waals surface area contributed by atoms with E-state index in [4.69, 9.17) is 5.11 Å². The first kappa shape index (κ1) is 10.9. The number of aliphatic hydroxyl groups excluding tert-OH is 1. The van der Waals surface area contributed by atoms with Crippen LogP contribution in [0.15, 0.2) is 30.5 Å². The molecule has 1 N–H and O–H groups in total. The summed E-state index contributed by atoms with van der Waals surface area (Å²) in [7, 11) is 1.98. The van der Waals surface area contributed by atoms with Crippen LogP contribution in [0.5, 0.6) is 0 Å². The summed E-state index contributed by atoms with van der Waals surface area (Å²) >= 11 is 0. The Hall–Kier alpha value is -1.61. The van der Waals surface area contributed by atoms with Gasteiger partial charge < -0.3 is 9.67 Å². The number of aryl methyl sites for hydroxylation is 1. The molecule has 1 aromatic heterocycles. The summed E-state index contributed by atoms with van der Waals surface area (Å²) in [5.74, 6) is 0.951. The highest BCUT2D eigenvalue weighted by Crippen LogP contribution is 2.19. The van der Waals surface area contributed by atoms with Crippen LogP contribution in [-0.4, -0.2) is 21.3 Å². The van der Waals surface area contributed by atoms with E-state index < -0.39 is 0 Å². The number of hydrogen-bond acceptors (Lipinski definition) is 2. The number of aliphatic hydroxyl groups is 1. The first-order chi connectivity index (χ1) is 7.72. The molecule has 16 heavy (non-hydrogen) atoms. The average Bonchev–Trinajstić information content (AvgIpc) is 2.61. The lowest BCUT2D eigenvalue weighted by atomic mass is 10.1. The molecule has 3 nitrogen and oxygen atoms in total. The molecule has 3 heteroatoms. The van der Waals surface area contributed by atoms with E-state index in [1.807, 2.05) is 23.9 Å². The third-order valence-corrected chi connectivity index (χ3v) is 2.73. The van der Waals surface area contributed by atoms with Crippen LogP contribution < -0.4 is 0 Å². The Balaban J connectivity index is 2.41. The van der Waals surface area contributed by atoms with Crippen molar-refractivity contribution in [2.75, 3.05) is 6.61 Å². The Bertz CT molecular complexity index is 488. The molecule has 0 radical (unpaired) electrons. The molecular formula is C13H16N2O. The van der Waals surface area contributed by atoms with Crippen LogP contribution in [0.3, 0.4) is 0 Å². The zero-order valence-electron chi connectivity index (χ0n) is 9.64. The maximum absolute atomic E-state index is 8.93. The molecular weight excluding hydrogens is 200 g/mol. The van der Waals surface area contributed by atoms with E-state index in [2.05, 4.69) is 30.1 Å². The van der Waals surface area contributed by atoms with Gasteiger partial charge in [-0.3, -0.25) is 0 Å². The van der Waals surface area contributed by atoms with Crippen LogP contribution in [0.1, 0.15) is 11.3 Å². The number of hydrogen-bond donors (Lipinski definition) is 1. The molecule has 2 aromatic rings. The average molecular weight is 216 g/mol. The molecule has 0 atom stereocenters. The maximum Gasteiger partial charge on any atom is 0.139 e. The Kier molecular flexibility index (Phi) is 3.06. The number of rotatable bonds is 3. The summed E-state index contributed by atoms with van der Waals surface area (Å²) in [6.45, 7) is 2.23. The molecule has 84 valence electrons. The van der Waals surface area contributed by atoms with Crippen molar-refractivity contribution in [1.29, 1.82) is 0 Å². The molecule has 0 amide bonds. The number of imidazole rings is 1. The van der Waals surface area contributed by atoms with Crippen molar-refractivity contribution in [2.45, 2.75) is 13.3 Å². The number of nitrogens with zero attached hydrogens (tertiary/aromatic N) is 2. The van der Waals surface area contributed by atoms with Crippen molar-refractivity contribution in [1.82, 2.24) is 9.55 Å². The Morgan fingerprint density at radius 2 is 2.19 bits per heavy atom. The van der Waals surface area contributed by atoms with Crippen molar-refractivity contribution in [3.63, 3.8) is 0 Å². The van der Waals surface area contributed by atoms with Gasteiger partial charge in [0.2, 0.25) is 0 Å². The topological polar surface area (TPSA) is 38.1 Å². The molecule has 0 aliphatic carbocycles. The van der Waals surface area contributed by atoms with Gasteiger partial charge in [-0.15, -0.1) is 0 Å². The van der Waals surface area contributed by atoms with Crippen LogP contribution >= 0.6 is 0 Å². The molecule has 0 saturated heterocycles. The third-order valence-electron chi connectivity index (χ3n) is 2.73. The fourth-order valence-corrected chi connectivity index (χ4v) is 1.84. The first-order valence-corrected chi connectivity index (χ1v) is 5.41. The van der Waals surface area contributed by atoms with Crippen molar-refractivity contribution in [3.8, 4) is 11.4 Å². The highest BCUT2D eigenvalue weighted by Gasteiger charge is 2.07. The van der Waals surface area contributed by atoms with E-state index >= 15 is 0 Å². The predicted octanol–water partition coefficient (Wildman–Crippen LogP) is 1.93. The highest BCUT2D eigenvalue weighted by molar-refractivity contribution is 5.57. The zero-order chi connectivity index (χ0) is 11.5. The van der Waals surface area contributed by atoms with Crippen molar-refractivity contribution >= 4 is 0 Å². The van der Waals surface area contributed by atoms with E-state index in [9.17, 15) is 0 Å². The van der Waals surface area contributed by atoms with Gasteiger partial charge in [-0.1, -0.05) is 23.8 Å². The Morgan fingerprint density at radius 3 is 2.88 bits per heavy atom. The van der Waals surface area contributed by atoms with Gasteiger partial charge in [-0.05, 0) is 13.0 Å². The lowest BCUT2D eigenvalue weighted by Gasteiger charge is -2.05. The molecule has 2 rings (SSSR count). The van der Waals surface area contributed by atoms with E-state index in [-0.39, 0.29) is 6.61 Å². The molecule has 0 spiro atoms. The van der Waals surface area contributed by atoms with Crippen molar-refractivity contribution < 1.29 is 5.11 Å². The molecule has 1 aromatic carbocycles. The Morgan fingerprint density at radius 1 is 1.38 bits per heavy atom. The summed E-state index contributed by atoms with van der Waals surface area (Å²) < 4.78 is 2.03. The van der Waals surface area contributed by atoms with Crippen molar-refractivity contribution in [3.05, 3.63) is 41.7 Å². The lowest BCUT2D eigenvalue weighted by molar-refractivity contribution is 0.297. The molecule has 1 heterocycles. The van der Waals surface area contributed by atoms with Crippen LogP contribution in [-0.2, 0) is 13.5 Å². The number of benzene rings is 1. The lowest BCUT2D eigenvalue weighted by Crippen LogP contribution is -2.01. The quantitative estimate of drug-likeness (QED) is 0.851. The summed E-state index contributed by atoms with van der Waals surface area (Å²) in [6, 6.07) is 8.27. The second-order valence-electron chi connectivity index (χ2n) is 3.98. The minimum atomic E-state index is 0.160. The number of aromatic nitrogens is 2. The van der Waals surface area contributed by atoms with E-state index in [0.717, 1.165) is 17.1 Å². The van der Waals surface area contributed by atoms with Gasteiger partial charge in [0.15, 0.2) is 0 Å². The fraction of sp³-hybridized carbons (Fsp3) is 0.308. The van der Waals surface area contributed by atoms with Crippen LogP contribution in [0.2, 0.25) is 0 Å². The summed E-state index contributed by atoms with van der Waals surface area (Å²) in [5.41, 5.74) is 3.40. The third kappa shape index (κ3) is 1.99. The van der Waals surface area contributed by atoms with Crippen LogP contribution in [0, 0.1) is 6.92 Å². The largest absolute Gasteiger partial charge is 0.396 e. The monoisotopic (exact) mass is 216 g/mol. The van der Waals surface area contributed by atoms with Crippen molar-refractivity contribution in [2.24, 2.45) is 7.05 Å². The summed E-state index contributed by atoms with van der Waals surface area (Å²) in [6.07, 6.45) is 2.48. The highest BCUT2D eigenvalue weighted by atomic mass is 16.3. The van der Waals surface area contributed by atoms with Gasteiger partial charge >= 0.3 is 0 Å². The molecule has 0 bridgehead atoms. The van der Waals surface area contributed by atoms with Crippen LogP contribution in [0.25, 0.3) is 11.4 Å². The summed E-state index contributed by atoms with van der Waals surface area (Å²) in [4.78, 5) is 4.40. The van der Waals surface area contributed by atoms with Gasteiger partial charge in [0.1, 0.15) is 5.82 Å². The van der Waals surface area contributed by atoms with Gasteiger partial charge in [-0.25, -0.2) is 4.98 Å². The second-order valence-corrected chi connectivity index (χ2v) is 3.98. The van der Waals surface area contributed by atoms with Gasteiger partial charge in [-0.2, -0.15) is 0 Å². The Labute approximate surface area is 95.4 Å². The molecule has 0 aliphatic rings. The summed E-state index contributed by atoms with van der Waals surface area (Å²) in [5, 5.41) is 8.93. The molecule has 0 unspecified atom stereocenters. The zero-order valence-corrected chi connectivity index (χ0v) is 9.64.